The fourth-order valence-corrected chi connectivity index (χ4v) is 7.80. The summed E-state index contributed by atoms with van der Waals surface area (Å²) in [7, 11) is 11.6. The van der Waals surface area contributed by atoms with Gasteiger partial charge >= 0.3 is 0 Å². The molecule has 0 radical (unpaired) electrons. The maximum absolute atomic E-state index is 14.6. The van der Waals surface area contributed by atoms with Crippen LogP contribution in [0.3, 0.4) is 0 Å². The fraction of sp³-hybridized carbons (Fsp3) is 0.385. The predicted octanol–water partition coefficient (Wildman–Crippen LogP) is 6.89. The summed E-state index contributed by atoms with van der Waals surface area (Å²) in [6.07, 6.45) is 2.01. The van der Waals surface area contributed by atoms with Gasteiger partial charge in [-0.25, -0.2) is 0 Å². The lowest BCUT2D eigenvalue weighted by Crippen LogP contribution is -2.47. The van der Waals surface area contributed by atoms with Crippen molar-refractivity contribution in [2.45, 2.75) is 37.8 Å². The zero-order chi connectivity index (χ0) is 35.3. The van der Waals surface area contributed by atoms with Crippen LogP contribution in [0.1, 0.15) is 45.5 Å². The molecule has 0 amide bonds. The van der Waals surface area contributed by atoms with Crippen molar-refractivity contribution in [3.8, 4) is 57.5 Å². The Morgan fingerprint density at radius 3 is 2.14 bits per heavy atom. The van der Waals surface area contributed by atoms with Crippen molar-refractivity contribution in [1.29, 1.82) is 0 Å². The van der Waals surface area contributed by atoms with Crippen LogP contribution >= 0.6 is 0 Å². The smallest absolute Gasteiger partial charge is 0.208 e. The van der Waals surface area contributed by atoms with Gasteiger partial charge in [-0.05, 0) is 66.9 Å². The summed E-state index contributed by atoms with van der Waals surface area (Å²) in [6, 6.07) is 15.1. The number of fused-ring (bicyclic) bond motifs is 2. The van der Waals surface area contributed by atoms with Crippen molar-refractivity contribution < 1.29 is 42.9 Å². The summed E-state index contributed by atoms with van der Waals surface area (Å²) in [5.74, 6) is 3.76. The molecule has 4 aromatic carbocycles. The van der Waals surface area contributed by atoms with E-state index in [4.69, 9.17) is 33.2 Å². The van der Waals surface area contributed by atoms with E-state index in [1.54, 1.807) is 28.4 Å². The van der Waals surface area contributed by atoms with Gasteiger partial charge < -0.3 is 48.1 Å². The van der Waals surface area contributed by atoms with Crippen molar-refractivity contribution in [3.05, 3.63) is 87.1 Å². The molecule has 4 heterocycles. The number of hydrogen-bond acceptors (Lipinski definition) is 10. The molecule has 1 unspecified atom stereocenters. The molecule has 0 saturated carbocycles. The van der Waals surface area contributed by atoms with E-state index in [0.29, 0.717) is 70.6 Å². The van der Waals surface area contributed by atoms with E-state index in [1.807, 2.05) is 36.4 Å². The second-order valence-electron chi connectivity index (χ2n) is 13.3. The lowest BCUT2D eigenvalue weighted by atomic mass is 9.86. The number of nitrogens with zero attached hydrogens (tertiary/aromatic N) is 2. The molecule has 0 saturated heterocycles. The Morgan fingerprint density at radius 1 is 0.760 bits per heavy atom. The average Bonchev–Trinajstić information content (AvgIpc) is 3.11. The summed E-state index contributed by atoms with van der Waals surface area (Å²) in [6.45, 7) is 1.00. The molecule has 3 atom stereocenters. The zero-order valence-corrected chi connectivity index (χ0v) is 29.6. The molecule has 0 aliphatic carbocycles. The van der Waals surface area contributed by atoms with Gasteiger partial charge in [0.2, 0.25) is 17.2 Å². The molecule has 11 heteroatoms. The molecule has 0 aromatic heterocycles. The van der Waals surface area contributed by atoms with E-state index in [-0.39, 0.29) is 29.8 Å². The van der Waals surface area contributed by atoms with Gasteiger partial charge in [0, 0.05) is 36.6 Å². The number of phenols is 1. The number of benzene rings is 4. The first kappa shape index (κ1) is 33.6. The Balaban J connectivity index is 1.55. The molecular formula is C39H44N2O9. The topological polar surface area (TPSA) is 111 Å². The van der Waals surface area contributed by atoms with Gasteiger partial charge in [0.25, 0.3) is 0 Å². The summed E-state index contributed by atoms with van der Waals surface area (Å²) >= 11 is 0. The minimum atomic E-state index is -0.704. The Bertz CT molecular complexity index is 1920. The maximum atomic E-state index is 14.6. The van der Waals surface area contributed by atoms with Gasteiger partial charge in [0.05, 0.1) is 54.7 Å². The van der Waals surface area contributed by atoms with Crippen LogP contribution in [0, 0.1) is 5.21 Å². The average molecular weight is 685 g/mol. The standard InChI is InChI=1S/C39H44N2O9/c1-40-16-14-25-27-21-32(45-4)36(46-5)35(25)50-37-33-26(34(42)38(47-6)39(37)48-7)15-17-41(2,43)29(33)19-23-10-13-30(44-3)31(20-23)49-24-11-8-22(9-12-24)18-28(27)40/h8-13,20-21,28-29,42H,14-19H2,1-7H3/t28-,29-,41?/m0/s1. The quantitative estimate of drug-likeness (QED) is 0.176. The highest BCUT2D eigenvalue weighted by Gasteiger charge is 2.42. The Hall–Kier alpha value is -4.84. The molecule has 4 aromatic rings. The Labute approximate surface area is 292 Å². The van der Waals surface area contributed by atoms with Gasteiger partial charge in [0.15, 0.2) is 34.5 Å². The highest BCUT2D eigenvalue weighted by atomic mass is 16.6. The van der Waals surface area contributed by atoms with Crippen LogP contribution in [0.25, 0.3) is 0 Å². The second kappa shape index (κ2) is 13.1. The van der Waals surface area contributed by atoms with Crippen molar-refractivity contribution in [3.63, 3.8) is 0 Å². The van der Waals surface area contributed by atoms with Gasteiger partial charge in [-0.1, -0.05) is 18.2 Å². The van der Waals surface area contributed by atoms with Crippen LogP contribution in [-0.4, -0.2) is 77.4 Å². The minimum Gasteiger partial charge on any atom is -0.633 e. The SMILES string of the molecule is COc1ccc2cc1Oc1ccc(cc1)C[C@H]1c3cc(OC)c(OC)c(c3CCN1C)Oc1c(OC)c(OC)c(O)c3c1[C@H](C2)[N+](C)([O-])CC3. The van der Waals surface area contributed by atoms with Gasteiger partial charge in [-0.2, -0.15) is 0 Å². The Morgan fingerprint density at radius 2 is 1.46 bits per heavy atom. The maximum Gasteiger partial charge on any atom is 0.208 e. The second-order valence-corrected chi connectivity index (χ2v) is 13.3. The van der Waals surface area contributed by atoms with Crippen LogP contribution in [-0.2, 0) is 25.7 Å². The van der Waals surface area contributed by atoms with Crippen molar-refractivity contribution in [2.75, 3.05) is 62.7 Å². The zero-order valence-electron chi connectivity index (χ0n) is 29.6. The van der Waals surface area contributed by atoms with Gasteiger partial charge in [-0.15, -0.1) is 0 Å². The molecule has 8 bridgehead atoms. The third-order valence-corrected chi connectivity index (χ3v) is 10.5. The first-order valence-corrected chi connectivity index (χ1v) is 16.8. The van der Waals surface area contributed by atoms with Crippen molar-refractivity contribution in [2.24, 2.45) is 0 Å². The lowest BCUT2D eigenvalue weighted by molar-refractivity contribution is -0.894. The number of quaternary nitrogens is 1. The molecule has 264 valence electrons. The molecule has 8 rings (SSSR count). The monoisotopic (exact) mass is 684 g/mol. The van der Waals surface area contributed by atoms with Crippen LogP contribution in [0.2, 0.25) is 0 Å². The van der Waals surface area contributed by atoms with E-state index in [2.05, 4.69) is 24.1 Å². The molecule has 4 aliphatic heterocycles. The highest BCUT2D eigenvalue weighted by molar-refractivity contribution is 5.70. The third kappa shape index (κ3) is 5.59. The Kier molecular flexibility index (Phi) is 8.83. The first-order chi connectivity index (χ1) is 24.1. The van der Waals surface area contributed by atoms with E-state index in [9.17, 15) is 10.3 Å². The van der Waals surface area contributed by atoms with E-state index >= 15 is 0 Å². The summed E-state index contributed by atoms with van der Waals surface area (Å²) in [4.78, 5) is 2.33. The van der Waals surface area contributed by atoms with Crippen molar-refractivity contribution in [1.82, 2.24) is 4.90 Å². The summed E-state index contributed by atoms with van der Waals surface area (Å²) in [5, 5.41) is 26.2. The number of phenolic OH excluding ortho intramolecular Hbond substituents is 1. The molecule has 50 heavy (non-hydrogen) atoms. The third-order valence-electron chi connectivity index (χ3n) is 10.5. The van der Waals surface area contributed by atoms with Crippen LogP contribution in [0.15, 0.2) is 48.5 Å². The largest absolute Gasteiger partial charge is 0.633 e. The van der Waals surface area contributed by atoms with Crippen molar-refractivity contribution >= 4 is 0 Å². The normalized spacial score (nSPS) is 21.1. The molecule has 0 fully saturated rings. The summed E-state index contributed by atoms with van der Waals surface area (Å²) in [5.41, 5.74) is 5.14. The van der Waals surface area contributed by atoms with Crippen LogP contribution < -0.4 is 33.2 Å². The molecule has 0 spiro atoms. The number of rotatable bonds is 5. The van der Waals surface area contributed by atoms with E-state index < -0.39 is 10.7 Å². The van der Waals surface area contributed by atoms with E-state index in [1.165, 1.54) is 14.2 Å². The first-order valence-electron chi connectivity index (χ1n) is 16.8. The van der Waals surface area contributed by atoms with Gasteiger partial charge in [0.1, 0.15) is 11.8 Å². The van der Waals surface area contributed by atoms with Crippen LogP contribution in [0.5, 0.6) is 57.5 Å². The molecule has 1 N–H and O–H groups in total. The summed E-state index contributed by atoms with van der Waals surface area (Å²) < 4.78 is 42.2. The minimum absolute atomic E-state index is 0.0113. The molecule has 4 aliphatic rings. The highest BCUT2D eigenvalue weighted by Crippen LogP contribution is 2.58. The lowest BCUT2D eigenvalue weighted by Gasteiger charge is -2.49. The number of aromatic hydroxyl groups is 1. The number of ether oxygens (including phenoxy) is 7. The number of methoxy groups -OCH3 is 5. The number of likely N-dealkylation sites (N-methyl/N-ethyl adjacent to an activating group) is 2. The molecule has 11 nitrogen and oxygen atoms in total. The van der Waals surface area contributed by atoms with E-state index in [0.717, 1.165) is 35.2 Å². The fourth-order valence-electron chi connectivity index (χ4n) is 7.80. The number of hydrogen-bond donors (Lipinski definition) is 1. The van der Waals surface area contributed by atoms with Crippen LogP contribution in [0.4, 0.5) is 0 Å². The molecular weight excluding hydrogens is 640 g/mol. The number of hydroxylamine groups is 3. The predicted molar refractivity (Wildman–Crippen MR) is 188 cm³/mol. The van der Waals surface area contributed by atoms with Gasteiger partial charge in [-0.3, -0.25) is 4.90 Å².